The number of carbonyl (C=O) groups is 5. The highest BCUT2D eigenvalue weighted by atomic mass is 79.9. The second-order valence-electron chi connectivity index (χ2n) is 26.5. The van der Waals surface area contributed by atoms with Crippen LogP contribution in [0.1, 0.15) is 99.7 Å². The first-order chi connectivity index (χ1) is 55.6. The van der Waals surface area contributed by atoms with Gasteiger partial charge in [0.2, 0.25) is 17.6 Å². The first-order valence-corrected chi connectivity index (χ1v) is 38.6. The van der Waals surface area contributed by atoms with Gasteiger partial charge in [-0.25, -0.2) is 0 Å². The van der Waals surface area contributed by atoms with Gasteiger partial charge in [0.1, 0.15) is 22.9 Å². The molecule has 602 valence electrons. The molecule has 4 atom stereocenters. The predicted molar refractivity (Wildman–Crippen MR) is 454 cm³/mol. The van der Waals surface area contributed by atoms with Gasteiger partial charge in [-0.05, 0) is 160 Å². The van der Waals surface area contributed by atoms with Crippen molar-refractivity contribution in [1.82, 2.24) is 10.3 Å². The number of nitro groups is 3. The van der Waals surface area contributed by atoms with Crippen LogP contribution < -0.4 is 16.1 Å². The van der Waals surface area contributed by atoms with Gasteiger partial charge < -0.3 is 43.9 Å². The van der Waals surface area contributed by atoms with E-state index in [0.29, 0.717) is 53.4 Å². The summed E-state index contributed by atoms with van der Waals surface area (Å²) in [6, 6.07) is 71.6. The van der Waals surface area contributed by atoms with Crippen LogP contribution in [0.25, 0.3) is 11.1 Å². The molecule has 2 aliphatic heterocycles. The number of hydrogen-bond acceptors (Lipinski definition) is 20. The molecule has 0 saturated heterocycles. The van der Waals surface area contributed by atoms with Gasteiger partial charge in [0.25, 0.3) is 11.4 Å². The van der Waals surface area contributed by atoms with E-state index in [0.717, 1.165) is 78.4 Å². The number of fused-ring (bicyclic) bond motifs is 2. The number of hydrogen-bond donors (Lipinski definition) is 4. The molecule has 31 heteroatoms. The van der Waals surface area contributed by atoms with Crippen molar-refractivity contribution in [2.45, 2.75) is 77.0 Å². The number of aromatic nitrogens is 2. The Hall–Kier alpha value is -12.0. The normalized spacial score (nSPS) is 14.5. The quantitative estimate of drug-likeness (QED) is 0.0243. The molecular formula is C86H77BBr4FN7O18. The molecule has 4 heterocycles. The van der Waals surface area contributed by atoms with Gasteiger partial charge >= 0.3 is 30.7 Å². The molecular weight excluding hydrogens is 1770 g/mol. The average Bonchev–Trinajstić information content (AvgIpc) is 1.74. The largest absolute Gasteiger partial charge is 0.494 e. The standard InChI is InChI=1S/C20H18N2O2.C16H14BrNO4.C15H12BrNO4.C15H12BrNO.C9H10O2.C6H3BrFNO2.C5H8BNO3/c1-12-18(13(2)24-22-12)14-9-10-17-16(11-14)20(3,19(23)21-17)15-7-5-4-6-8-15;1-16(15(19)22-2,11-6-4-3-5-7-11)13-10-12(17)8-9-14(13)18(20)21;1-21-15(18)14(10-5-3-2-4-6-10)12-9-11(16)7-8-13(12)17(19)20;1-15(10-5-3-2-4-6-10)12-9-11(16)7-8-13(12)17-14(15)18;1-11-9(10)7-8-5-3-2-4-6-8;7-4-1-2-6(9(10)11)5(8)3-4;1-3-5(6(8)9)4(2)10-7-3/h4-11H,1-3H3,(H,21,23);3-10H,1-2H3;2-9,14H,1H3;2-9H,1H3,(H,17,18);2-6H,7H2,1H3;1-3H;8-9H,1-2H3. The number of benzene rings is 10. The number of rotatable bonds is 15. The third-order valence-corrected chi connectivity index (χ3v) is 21.1. The Kier molecular flexibility index (Phi) is 31.7. The zero-order chi connectivity index (χ0) is 85.6. The number of carbonyl (C=O) groups excluding carboxylic acids is 5. The molecule has 4 unspecified atom stereocenters. The summed E-state index contributed by atoms with van der Waals surface area (Å²) in [6.07, 6.45) is 0.358. The highest BCUT2D eigenvalue weighted by Gasteiger charge is 2.47. The Morgan fingerprint density at radius 1 is 0.538 bits per heavy atom. The Morgan fingerprint density at radius 2 is 0.974 bits per heavy atom. The molecule has 0 fully saturated rings. The lowest BCUT2D eigenvalue weighted by Crippen LogP contribution is -2.35. The second kappa shape index (κ2) is 41.0. The molecule has 0 bridgehead atoms. The highest BCUT2D eigenvalue weighted by molar-refractivity contribution is 9.11. The van der Waals surface area contributed by atoms with Crippen molar-refractivity contribution in [2.24, 2.45) is 0 Å². The zero-order valence-corrected chi connectivity index (χ0v) is 70.9. The van der Waals surface area contributed by atoms with E-state index in [1.165, 1.54) is 39.5 Å². The SMILES string of the molecule is CC1(c2ccccc2)C(=O)Nc2ccc(Br)cc21.COC(=O)C(C)(c1ccccc1)c1cc(Br)ccc1[N+](=O)[O-].COC(=O)C(c1ccccc1)c1cc(Br)ccc1[N+](=O)[O-].COC(=O)Cc1ccccc1.Cc1noc(C)c1-c1ccc2c(c1)C(C)(c1ccccc1)C(=O)N2.Cc1noc(C)c1B(O)O.O=[N+]([O-])c1ccc(Br)cc1F. The summed E-state index contributed by atoms with van der Waals surface area (Å²) >= 11 is 13.0. The number of amides is 2. The third kappa shape index (κ3) is 21.8. The van der Waals surface area contributed by atoms with E-state index in [1.807, 2.05) is 161 Å². The lowest BCUT2D eigenvalue weighted by molar-refractivity contribution is -0.387. The van der Waals surface area contributed by atoms with E-state index in [-0.39, 0.29) is 34.7 Å². The highest BCUT2D eigenvalue weighted by Crippen LogP contribution is 2.47. The number of halogens is 5. The van der Waals surface area contributed by atoms with E-state index in [2.05, 4.69) is 100.0 Å². The number of nitrogens with zero attached hydrogens (tertiary/aromatic N) is 5. The minimum absolute atomic E-state index is 0.000359. The maximum absolute atomic E-state index is 12.7. The summed E-state index contributed by atoms with van der Waals surface area (Å²) in [7, 11) is 2.45. The van der Waals surface area contributed by atoms with Gasteiger partial charge in [0.05, 0.1) is 70.3 Å². The average molecular weight is 1850 g/mol. The number of ether oxygens (including phenoxy) is 3. The van der Waals surface area contributed by atoms with Crippen LogP contribution in [0.15, 0.2) is 270 Å². The van der Waals surface area contributed by atoms with Crippen molar-refractivity contribution < 1.29 is 76.4 Å². The van der Waals surface area contributed by atoms with Gasteiger partial charge in [-0.3, -0.25) is 54.3 Å². The fourth-order valence-electron chi connectivity index (χ4n) is 12.9. The van der Waals surface area contributed by atoms with Gasteiger partial charge in [-0.2, -0.15) is 4.39 Å². The molecule has 12 aromatic rings. The first kappa shape index (κ1) is 90.5. The number of esters is 3. The molecule has 14 rings (SSSR count). The van der Waals surface area contributed by atoms with Crippen LogP contribution in [0, 0.1) is 63.9 Å². The maximum Gasteiger partial charge on any atom is 0.494 e. The number of nitro benzene ring substituents is 3. The molecule has 2 aliphatic rings. The molecule has 0 saturated carbocycles. The molecule has 2 amide bonds. The molecule has 0 radical (unpaired) electrons. The topological polar surface area (TPSA) is 359 Å². The fourth-order valence-corrected chi connectivity index (χ4v) is 14.3. The van der Waals surface area contributed by atoms with E-state index in [9.17, 15) is 58.7 Å². The number of methoxy groups -OCH3 is 3. The molecule has 4 N–H and O–H groups in total. The summed E-state index contributed by atoms with van der Waals surface area (Å²) in [4.78, 5) is 91.3. The number of anilines is 2. The van der Waals surface area contributed by atoms with Crippen LogP contribution >= 0.6 is 63.7 Å². The van der Waals surface area contributed by atoms with Crippen molar-refractivity contribution >= 4 is 134 Å². The van der Waals surface area contributed by atoms with Gasteiger partial charge in [0, 0.05) is 64.1 Å². The zero-order valence-electron chi connectivity index (χ0n) is 64.5. The van der Waals surface area contributed by atoms with E-state index in [1.54, 1.807) is 93.6 Å². The predicted octanol–water partition coefficient (Wildman–Crippen LogP) is 18.3. The molecule has 0 spiro atoms. The monoisotopic (exact) mass is 1840 g/mol. The minimum Gasteiger partial charge on any atom is -0.469 e. The Morgan fingerprint density at radius 3 is 1.43 bits per heavy atom. The van der Waals surface area contributed by atoms with Crippen LogP contribution in [-0.4, -0.2) is 93.3 Å². The summed E-state index contributed by atoms with van der Waals surface area (Å²) in [6.45, 7) is 12.7. The van der Waals surface area contributed by atoms with E-state index in [4.69, 9.17) is 24.0 Å². The van der Waals surface area contributed by atoms with Crippen molar-refractivity contribution in [1.29, 1.82) is 0 Å². The number of aryl methyl sites for hydroxylation is 4. The Labute approximate surface area is 706 Å². The van der Waals surface area contributed by atoms with Crippen molar-refractivity contribution in [2.75, 3.05) is 32.0 Å². The lowest BCUT2D eigenvalue weighted by Gasteiger charge is -2.27. The van der Waals surface area contributed by atoms with Gasteiger partial charge in [-0.15, -0.1) is 0 Å². The molecule has 2 aromatic heterocycles. The lowest BCUT2D eigenvalue weighted by atomic mass is 9.75. The van der Waals surface area contributed by atoms with Gasteiger partial charge in [-0.1, -0.05) is 232 Å². The summed E-state index contributed by atoms with van der Waals surface area (Å²) in [5.41, 5.74) is 9.01. The molecule has 117 heavy (non-hydrogen) atoms. The van der Waals surface area contributed by atoms with Crippen LogP contribution in [-0.2, 0) is 60.8 Å². The van der Waals surface area contributed by atoms with Crippen LogP contribution in [0.2, 0.25) is 0 Å². The van der Waals surface area contributed by atoms with Gasteiger partial charge in [0.15, 0.2) is 0 Å². The van der Waals surface area contributed by atoms with Crippen molar-refractivity contribution in [3.8, 4) is 11.1 Å². The fraction of sp³-hybridized carbons (Fsp3) is 0.174. The smallest absolute Gasteiger partial charge is 0.469 e. The first-order valence-electron chi connectivity index (χ1n) is 35.4. The second-order valence-corrected chi connectivity index (χ2v) is 30.1. The maximum atomic E-state index is 12.7. The minimum atomic E-state index is -1.48. The van der Waals surface area contributed by atoms with Crippen LogP contribution in [0.5, 0.6) is 0 Å². The summed E-state index contributed by atoms with van der Waals surface area (Å²) in [5, 5.41) is 63.7. The summed E-state index contributed by atoms with van der Waals surface area (Å²) in [5.74, 6) is -1.70. The third-order valence-electron chi connectivity index (χ3n) is 19.1. The van der Waals surface area contributed by atoms with Crippen LogP contribution in [0.4, 0.5) is 32.8 Å². The molecule has 25 nitrogen and oxygen atoms in total. The molecule has 10 aromatic carbocycles. The van der Waals surface area contributed by atoms with E-state index < -0.39 is 67.5 Å². The number of nitrogens with one attached hydrogen (secondary N) is 2. The summed E-state index contributed by atoms with van der Waals surface area (Å²) < 4.78 is 39.7. The molecule has 0 aliphatic carbocycles. The van der Waals surface area contributed by atoms with Crippen LogP contribution in [0.3, 0.4) is 0 Å². The van der Waals surface area contributed by atoms with Crippen molar-refractivity contribution in [3.63, 3.8) is 0 Å². The van der Waals surface area contributed by atoms with Crippen molar-refractivity contribution in [3.05, 3.63) is 370 Å². The van der Waals surface area contributed by atoms with E-state index >= 15 is 0 Å². The Bertz CT molecular complexity index is 5520. The Balaban J connectivity index is 0.000000174.